The predicted octanol–water partition coefficient (Wildman–Crippen LogP) is 4.23. The molecule has 1 heterocycles. The molecule has 2 aromatic carbocycles. The third-order valence-corrected chi connectivity index (χ3v) is 3.81. The summed E-state index contributed by atoms with van der Waals surface area (Å²) in [6, 6.07) is 13.8. The van der Waals surface area contributed by atoms with Gasteiger partial charge in [-0.3, -0.25) is 0 Å². The van der Waals surface area contributed by atoms with Crippen LogP contribution in [0.4, 0.5) is 5.13 Å². The van der Waals surface area contributed by atoms with Gasteiger partial charge in [-0.15, -0.1) is 0 Å². The summed E-state index contributed by atoms with van der Waals surface area (Å²) in [4.78, 5) is 4.40. The van der Waals surface area contributed by atoms with Gasteiger partial charge in [-0.2, -0.15) is 0 Å². The molecule has 3 aromatic rings. The van der Waals surface area contributed by atoms with E-state index in [1.807, 2.05) is 42.5 Å². The normalized spacial score (nSPS) is 10.8. The van der Waals surface area contributed by atoms with E-state index < -0.39 is 0 Å². The number of nitrogen functional groups attached to an aromatic ring is 1. The summed E-state index contributed by atoms with van der Waals surface area (Å²) >= 11 is 1.51. The topological polar surface area (TPSA) is 48.1 Å². The average molecular weight is 270 g/mol. The summed E-state index contributed by atoms with van der Waals surface area (Å²) < 4.78 is 7.05. The molecule has 0 saturated heterocycles. The van der Waals surface area contributed by atoms with Crippen molar-refractivity contribution < 1.29 is 4.74 Å². The third-order valence-electron chi connectivity index (χ3n) is 2.96. The number of hydrogen-bond donors (Lipinski definition) is 1. The van der Waals surface area contributed by atoms with Gasteiger partial charge < -0.3 is 10.5 Å². The minimum atomic E-state index is 0.599. The van der Waals surface area contributed by atoms with Crippen molar-refractivity contribution in [1.82, 2.24) is 4.98 Å². The highest BCUT2D eigenvalue weighted by molar-refractivity contribution is 7.22. The fourth-order valence-corrected chi connectivity index (χ4v) is 2.86. The minimum absolute atomic E-state index is 0.599. The smallest absolute Gasteiger partial charge is 0.181 e. The molecule has 0 unspecified atom stereocenters. The van der Waals surface area contributed by atoms with Crippen molar-refractivity contribution in [3.63, 3.8) is 0 Å². The van der Waals surface area contributed by atoms with Gasteiger partial charge in [0.05, 0.1) is 10.2 Å². The summed E-state index contributed by atoms with van der Waals surface area (Å²) in [6.07, 6.45) is 0.864. The lowest BCUT2D eigenvalue weighted by Gasteiger charge is -2.10. The number of rotatable bonds is 3. The van der Waals surface area contributed by atoms with Crippen molar-refractivity contribution in [1.29, 1.82) is 0 Å². The minimum Gasteiger partial charge on any atom is -0.457 e. The molecule has 96 valence electrons. The van der Waals surface area contributed by atoms with Gasteiger partial charge in [0.2, 0.25) is 0 Å². The Bertz CT molecular complexity index is 707. The van der Waals surface area contributed by atoms with E-state index in [1.165, 1.54) is 11.3 Å². The van der Waals surface area contributed by atoms with Gasteiger partial charge in [0, 0.05) is 5.56 Å². The van der Waals surface area contributed by atoms with Crippen molar-refractivity contribution in [2.45, 2.75) is 13.3 Å². The number of fused-ring (bicyclic) bond motifs is 1. The molecule has 0 bridgehead atoms. The Morgan fingerprint density at radius 3 is 2.68 bits per heavy atom. The quantitative estimate of drug-likeness (QED) is 0.774. The maximum Gasteiger partial charge on any atom is 0.181 e. The first-order chi connectivity index (χ1) is 9.28. The molecule has 0 aliphatic heterocycles. The lowest BCUT2D eigenvalue weighted by atomic mass is 10.1. The molecule has 0 amide bonds. The number of nitrogens with two attached hydrogens (primary N) is 1. The monoisotopic (exact) mass is 270 g/mol. The molecule has 0 aliphatic carbocycles. The SMILES string of the molecule is CCc1c(Oc2ccccc2)ccc2sc(N)nc12. The number of benzene rings is 2. The lowest BCUT2D eigenvalue weighted by molar-refractivity contribution is 0.478. The van der Waals surface area contributed by atoms with Crippen LogP contribution in [0.5, 0.6) is 11.5 Å². The van der Waals surface area contributed by atoms with E-state index in [2.05, 4.69) is 11.9 Å². The van der Waals surface area contributed by atoms with Crippen LogP contribution in [0, 0.1) is 0 Å². The van der Waals surface area contributed by atoms with Crippen molar-refractivity contribution in [2.75, 3.05) is 5.73 Å². The van der Waals surface area contributed by atoms with E-state index in [1.54, 1.807) is 0 Å². The summed E-state index contributed by atoms with van der Waals surface area (Å²) in [5.41, 5.74) is 7.85. The number of para-hydroxylation sites is 1. The van der Waals surface area contributed by atoms with Gasteiger partial charge in [-0.05, 0) is 30.7 Å². The van der Waals surface area contributed by atoms with E-state index in [0.29, 0.717) is 5.13 Å². The van der Waals surface area contributed by atoms with E-state index in [4.69, 9.17) is 10.5 Å². The Morgan fingerprint density at radius 1 is 1.16 bits per heavy atom. The van der Waals surface area contributed by atoms with Crippen LogP contribution in [0.3, 0.4) is 0 Å². The molecular formula is C15H14N2OS. The predicted molar refractivity (Wildman–Crippen MR) is 79.9 cm³/mol. The first kappa shape index (κ1) is 12.0. The standard InChI is InChI=1S/C15H14N2OS/c1-2-11-12(18-10-6-4-3-5-7-10)8-9-13-14(11)17-15(16)19-13/h3-9H,2H2,1H3,(H2,16,17). The fraction of sp³-hybridized carbons (Fsp3) is 0.133. The lowest BCUT2D eigenvalue weighted by Crippen LogP contribution is -1.92. The Morgan fingerprint density at radius 2 is 1.95 bits per heavy atom. The average Bonchev–Trinajstić information content (AvgIpc) is 2.80. The molecule has 2 N–H and O–H groups in total. The second kappa shape index (κ2) is 4.90. The molecule has 0 spiro atoms. The first-order valence-electron chi connectivity index (χ1n) is 6.18. The van der Waals surface area contributed by atoms with Gasteiger partial charge in [0.25, 0.3) is 0 Å². The van der Waals surface area contributed by atoms with E-state index in [0.717, 1.165) is 33.7 Å². The molecule has 19 heavy (non-hydrogen) atoms. The number of hydrogen-bond acceptors (Lipinski definition) is 4. The van der Waals surface area contributed by atoms with E-state index >= 15 is 0 Å². The highest BCUT2D eigenvalue weighted by Crippen LogP contribution is 2.34. The van der Waals surface area contributed by atoms with Gasteiger partial charge >= 0.3 is 0 Å². The van der Waals surface area contributed by atoms with E-state index in [9.17, 15) is 0 Å². The number of anilines is 1. The molecule has 0 fully saturated rings. The van der Waals surface area contributed by atoms with Crippen LogP contribution in [-0.2, 0) is 6.42 Å². The molecule has 1 aromatic heterocycles. The van der Waals surface area contributed by atoms with Crippen LogP contribution in [0.1, 0.15) is 12.5 Å². The zero-order chi connectivity index (χ0) is 13.2. The zero-order valence-electron chi connectivity index (χ0n) is 10.6. The van der Waals surface area contributed by atoms with Crippen molar-refractivity contribution >= 4 is 26.7 Å². The summed E-state index contributed by atoms with van der Waals surface area (Å²) in [7, 11) is 0. The second-order valence-corrected chi connectivity index (χ2v) is 5.27. The number of ether oxygens (including phenoxy) is 1. The van der Waals surface area contributed by atoms with E-state index in [-0.39, 0.29) is 0 Å². The van der Waals surface area contributed by atoms with Crippen LogP contribution < -0.4 is 10.5 Å². The Labute approximate surface area is 115 Å². The molecular weight excluding hydrogens is 256 g/mol. The number of aryl methyl sites for hydroxylation is 1. The maximum absolute atomic E-state index is 5.94. The second-order valence-electron chi connectivity index (χ2n) is 4.21. The van der Waals surface area contributed by atoms with Crippen LogP contribution in [0.25, 0.3) is 10.2 Å². The van der Waals surface area contributed by atoms with Gasteiger partial charge in [0.15, 0.2) is 5.13 Å². The molecule has 0 radical (unpaired) electrons. The van der Waals surface area contributed by atoms with Crippen molar-refractivity contribution in [2.24, 2.45) is 0 Å². The highest BCUT2D eigenvalue weighted by atomic mass is 32.1. The maximum atomic E-state index is 5.94. The first-order valence-corrected chi connectivity index (χ1v) is 7.00. The Kier molecular flexibility index (Phi) is 3.09. The Balaban J connectivity index is 2.08. The summed E-state index contributed by atoms with van der Waals surface area (Å²) in [5.74, 6) is 1.69. The highest BCUT2D eigenvalue weighted by Gasteiger charge is 2.11. The van der Waals surface area contributed by atoms with Crippen LogP contribution in [-0.4, -0.2) is 4.98 Å². The number of thiazole rings is 1. The number of nitrogens with zero attached hydrogens (tertiary/aromatic N) is 1. The zero-order valence-corrected chi connectivity index (χ0v) is 11.4. The van der Waals surface area contributed by atoms with Gasteiger partial charge in [-0.25, -0.2) is 4.98 Å². The largest absolute Gasteiger partial charge is 0.457 e. The summed E-state index contributed by atoms with van der Waals surface area (Å²) in [5, 5.41) is 0.599. The Hall–Kier alpha value is -2.07. The van der Waals surface area contributed by atoms with Crippen LogP contribution in [0.2, 0.25) is 0 Å². The van der Waals surface area contributed by atoms with Crippen molar-refractivity contribution in [3.05, 3.63) is 48.0 Å². The third kappa shape index (κ3) is 2.27. The summed E-state index contributed by atoms with van der Waals surface area (Å²) in [6.45, 7) is 2.10. The molecule has 3 nitrogen and oxygen atoms in total. The van der Waals surface area contributed by atoms with Crippen LogP contribution >= 0.6 is 11.3 Å². The van der Waals surface area contributed by atoms with Gasteiger partial charge in [-0.1, -0.05) is 36.5 Å². The molecule has 0 aliphatic rings. The molecule has 4 heteroatoms. The van der Waals surface area contributed by atoms with Gasteiger partial charge in [0.1, 0.15) is 11.5 Å². The van der Waals surface area contributed by atoms with Crippen molar-refractivity contribution in [3.8, 4) is 11.5 Å². The molecule has 3 rings (SSSR count). The molecule has 0 saturated carbocycles. The fourth-order valence-electron chi connectivity index (χ4n) is 2.10. The van der Waals surface area contributed by atoms with Crippen LogP contribution in [0.15, 0.2) is 42.5 Å². The molecule has 0 atom stereocenters. The number of aromatic nitrogens is 1.